The first-order valence-electron chi connectivity index (χ1n) is 7.28. The summed E-state index contributed by atoms with van der Waals surface area (Å²) in [5, 5.41) is 15.3. The molecule has 1 aromatic carbocycles. The molecule has 1 aliphatic heterocycles. The molecule has 5 nitrogen and oxygen atoms in total. The summed E-state index contributed by atoms with van der Waals surface area (Å²) in [7, 11) is 0. The van der Waals surface area contributed by atoms with E-state index in [2.05, 4.69) is 23.6 Å². The topological polar surface area (TPSA) is 74.1 Å². The molecule has 1 aliphatic rings. The number of nitrogens with zero attached hydrogens (tertiary/aromatic N) is 1. The summed E-state index contributed by atoms with van der Waals surface area (Å²) in [5.74, 6) is 0.779. The van der Waals surface area contributed by atoms with E-state index >= 15 is 0 Å². The van der Waals surface area contributed by atoms with Crippen molar-refractivity contribution in [3.05, 3.63) is 23.8 Å². The van der Waals surface area contributed by atoms with Gasteiger partial charge in [0.25, 0.3) is 0 Å². The normalized spacial score (nSPS) is 16.3. The van der Waals surface area contributed by atoms with E-state index in [4.69, 9.17) is 4.74 Å². The van der Waals surface area contributed by atoms with Crippen LogP contribution in [-0.2, 0) is 11.2 Å². The lowest BCUT2D eigenvalue weighted by Crippen LogP contribution is -2.46. The van der Waals surface area contributed by atoms with Crippen molar-refractivity contribution in [3.63, 3.8) is 0 Å². The molecule has 0 aromatic heterocycles. The number of amides is 1. The van der Waals surface area contributed by atoms with Gasteiger partial charge in [-0.05, 0) is 50.1 Å². The molecule has 0 fully saturated rings. The Labute approximate surface area is 125 Å². The highest BCUT2D eigenvalue weighted by Crippen LogP contribution is 2.27. The Morgan fingerprint density at radius 1 is 1.48 bits per heavy atom. The zero-order chi connectivity index (χ0) is 15.3. The van der Waals surface area contributed by atoms with Crippen LogP contribution in [0.1, 0.15) is 32.3 Å². The fourth-order valence-electron chi connectivity index (χ4n) is 2.20. The van der Waals surface area contributed by atoms with Crippen molar-refractivity contribution < 1.29 is 9.53 Å². The van der Waals surface area contributed by atoms with Crippen LogP contribution in [-0.4, -0.2) is 24.6 Å². The summed E-state index contributed by atoms with van der Waals surface area (Å²) < 4.78 is 5.75. The second kappa shape index (κ2) is 6.59. The summed E-state index contributed by atoms with van der Waals surface area (Å²) in [6.07, 6.45) is 2.20. The summed E-state index contributed by atoms with van der Waals surface area (Å²) in [6.45, 7) is 4.96. The molecule has 0 spiro atoms. The van der Waals surface area contributed by atoms with Crippen molar-refractivity contribution in [1.82, 2.24) is 5.32 Å². The van der Waals surface area contributed by atoms with Crippen molar-refractivity contribution >= 4 is 11.6 Å². The molecule has 2 N–H and O–H groups in total. The van der Waals surface area contributed by atoms with Gasteiger partial charge in [0.1, 0.15) is 17.9 Å². The highest BCUT2D eigenvalue weighted by molar-refractivity contribution is 5.93. The van der Waals surface area contributed by atoms with E-state index in [0.717, 1.165) is 36.4 Å². The molecule has 0 radical (unpaired) electrons. The molecule has 1 aromatic rings. The van der Waals surface area contributed by atoms with Gasteiger partial charge >= 0.3 is 0 Å². The lowest BCUT2D eigenvalue weighted by Gasteiger charge is -2.24. The van der Waals surface area contributed by atoms with Gasteiger partial charge in [-0.3, -0.25) is 10.1 Å². The van der Waals surface area contributed by atoms with Gasteiger partial charge in [0.2, 0.25) is 5.91 Å². The first kappa shape index (κ1) is 15.3. The number of hydrogen-bond donors (Lipinski definition) is 2. The number of anilines is 1. The Bertz CT molecular complexity index is 565. The number of carbonyl (C=O) groups is 1. The third kappa shape index (κ3) is 3.96. The number of hydrogen-bond acceptors (Lipinski definition) is 4. The lowest BCUT2D eigenvalue weighted by molar-refractivity contribution is -0.116. The first-order valence-corrected chi connectivity index (χ1v) is 7.28. The Kier molecular flexibility index (Phi) is 4.81. The molecule has 0 aliphatic carbocycles. The number of carbonyl (C=O) groups excluding carboxylic acids is 1. The van der Waals surface area contributed by atoms with E-state index in [1.54, 1.807) is 0 Å². The van der Waals surface area contributed by atoms with Crippen molar-refractivity contribution in [1.29, 1.82) is 5.26 Å². The lowest BCUT2D eigenvalue weighted by atomic mass is 10.0. The molecule has 2 rings (SSSR count). The third-order valence-corrected chi connectivity index (χ3v) is 3.51. The van der Waals surface area contributed by atoms with E-state index < -0.39 is 5.54 Å². The molecule has 112 valence electrons. The Balaban J connectivity index is 2.00. The van der Waals surface area contributed by atoms with Crippen LogP contribution < -0.4 is 15.4 Å². The molecule has 5 heteroatoms. The van der Waals surface area contributed by atoms with E-state index in [9.17, 15) is 10.1 Å². The third-order valence-electron chi connectivity index (χ3n) is 3.51. The molecule has 1 unspecified atom stereocenters. The molecular formula is C16H21N3O2. The van der Waals surface area contributed by atoms with Crippen molar-refractivity contribution in [2.24, 2.45) is 0 Å². The number of ether oxygens (including phenoxy) is 1. The maximum atomic E-state index is 11.3. The molecule has 0 bridgehead atoms. The van der Waals surface area contributed by atoms with Gasteiger partial charge in [0.05, 0.1) is 6.07 Å². The number of benzene rings is 1. The monoisotopic (exact) mass is 287 g/mol. The van der Waals surface area contributed by atoms with Crippen LogP contribution in [0.2, 0.25) is 0 Å². The average Bonchev–Trinajstić information content (AvgIpc) is 2.51. The van der Waals surface area contributed by atoms with Gasteiger partial charge in [-0.25, -0.2) is 0 Å². The summed E-state index contributed by atoms with van der Waals surface area (Å²) in [5.41, 5.74) is 1.23. The fourth-order valence-corrected chi connectivity index (χ4v) is 2.20. The van der Waals surface area contributed by atoms with Gasteiger partial charge < -0.3 is 10.1 Å². The van der Waals surface area contributed by atoms with Crippen molar-refractivity contribution in [2.75, 3.05) is 18.5 Å². The highest BCUT2D eigenvalue weighted by atomic mass is 16.5. The maximum absolute atomic E-state index is 11.3. The minimum absolute atomic E-state index is 0.0528. The summed E-state index contributed by atoms with van der Waals surface area (Å²) >= 11 is 0. The second-order valence-electron chi connectivity index (χ2n) is 5.53. The minimum atomic E-state index is -0.694. The first-order chi connectivity index (χ1) is 10.1. The van der Waals surface area contributed by atoms with Gasteiger partial charge in [-0.1, -0.05) is 6.92 Å². The Morgan fingerprint density at radius 3 is 3.00 bits per heavy atom. The van der Waals surface area contributed by atoms with Crippen LogP contribution in [0.4, 0.5) is 5.69 Å². The van der Waals surface area contributed by atoms with Crippen LogP contribution in [0.25, 0.3) is 0 Å². The summed E-state index contributed by atoms with van der Waals surface area (Å²) in [4.78, 5) is 11.3. The number of aryl methyl sites for hydroxylation is 1. The van der Waals surface area contributed by atoms with Crippen molar-refractivity contribution in [2.45, 2.75) is 38.6 Å². The number of nitrogens with one attached hydrogen (secondary N) is 2. The summed E-state index contributed by atoms with van der Waals surface area (Å²) in [6, 6.07) is 7.87. The Morgan fingerprint density at radius 2 is 2.29 bits per heavy atom. The Hall–Kier alpha value is -2.06. The van der Waals surface area contributed by atoms with Gasteiger partial charge in [-0.2, -0.15) is 5.26 Å². The standard InChI is InChI=1S/C16H21N3O2/c1-3-8-18-16(2,10-17)11-21-13-5-6-14-12(9-13)4-7-15(20)19-14/h5-6,9,18H,3-4,7-8,11H2,1-2H3,(H,19,20). The SMILES string of the molecule is CCCNC(C)(C#N)COc1ccc2c(c1)CCC(=O)N2. The van der Waals surface area contributed by atoms with Gasteiger partial charge in [0.15, 0.2) is 0 Å². The van der Waals surface area contributed by atoms with Crippen LogP contribution >= 0.6 is 0 Å². The minimum Gasteiger partial charge on any atom is -0.491 e. The van der Waals surface area contributed by atoms with E-state index in [1.165, 1.54) is 0 Å². The van der Waals surface area contributed by atoms with Crippen molar-refractivity contribution in [3.8, 4) is 11.8 Å². The molecular weight excluding hydrogens is 266 g/mol. The predicted octanol–water partition coefficient (Wildman–Crippen LogP) is 2.23. The second-order valence-corrected chi connectivity index (χ2v) is 5.53. The molecule has 1 atom stereocenters. The van der Waals surface area contributed by atoms with Crippen LogP contribution in [0.5, 0.6) is 5.75 Å². The quantitative estimate of drug-likeness (QED) is 0.841. The van der Waals surface area contributed by atoms with Gasteiger partial charge in [-0.15, -0.1) is 0 Å². The molecule has 21 heavy (non-hydrogen) atoms. The van der Waals surface area contributed by atoms with E-state index in [-0.39, 0.29) is 12.5 Å². The average molecular weight is 287 g/mol. The smallest absolute Gasteiger partial charge is 0.224 e. The molecule has 0 saturated carbocycles. The largest absolute Gasteiger partial charge is 0.491 e. The van der Waals surface area contributed by atoms with E-state index in [0.29, 0.717) is 6.42 Å². The number of nitriles is 1. The maximum Gasteiger partial charge on any atom is 0.224 e. The van der Waals surface area contributed by atoms with Gasteiger partial charge in [0, 0.05) is 12.1 Å². The highest BCUT2D eigenvalue weighted by Gasteiger charge is 2.24. The van der Waals surface area contributed by atoms with Crippen LogP contribution in [0, 0.1) is 11.3 Å². The zero-order valence-corrected chi connectivity index (χ0v) is 12.5. The molecule has 1 amide bonds. The number of rotatable bonds is 6. The van der Waals surface area contributed by atoms with Crippen LogP contribution in [0.15, 0.2) is 18.2 Å². The van der Waals surface area contributed by atoms with Crippen LogP contribution in [0.3, 0.4) is 0 Å². The molecule has 0 saturated heterocycles. The van der Waals surface area contributed by atoms with E-state index in [1.807, 2.05) is 25.1 Å². The zero-order valence-electron chi connectivity index (χ0n) is 12.5. The fraction of sp³-hybridized carbons (Fsp3) is 0.500. The molecule has 1 heterocycles. The predicted molar refractivity (Wildman–Crippen MR) is 81.2 cm³/mol. The number of fused-ring (bicyclic) bond motifs is 1.